The highest BCUT2D eigenvalue weighted by Gasteiger charge is 2.33. The average Bonchev–Trinajstić information content (AvgIpc) is 3.14. The van der Waals surface area contributed by atoms with E-state index in [1.165, 1.54) is 25.7 Å². The van der Waals surface area contributed by atoms with Crippen LogP contribution in [0, 0.1) is 5.41 Å². The summed E-state index contributed by atoms with van der Waals surface area (Å²) in [6.07, 6.45) is 9.21. The highest BCUT2D eigenvalue weighted by molar-refractivity contribution is 14.0. The Labute approximate surface area is 189 Å². The molecule has 0 spiro atoms. The molecule has 3 N–H and O–H groups in total. The number of piperidine rings is 1. The van der Waals surface area contributed by atoms with Gasteiger partial charge in [-0.2, -0.15) is 0 Å². The van der Waals surface area contributed by atoms with E-state index in [9.17, 15) is 5.11 Å². The van der Waals surface area contributed by atoms with Crippen molar-refractivity contribution in [3.05, 3.63) is 0 Å². The van der Waals surface area contributed by atoms with E-state index in [1.54, 1.807) is 0 Å². The smallest absolute Gasteiger partial charge is 0.191 e. The van der Waals surface area contributed by atoms with Crippen LogP contribution in [-0.4, -0.2) is 74.6 Å². The first-order valence-corrected chi connectivity index (χ1v) is 11.2. The number of rotatable bonds is 11. The van der Waals surface area contributed by atoms with Gasteiger partial charge in [0.25, 0.3) is 0 Å². The first-order chi connectivity index (χ1) is 13.2. The van der Waals surface area contributed by atoms with Crippen LogP contribution in [-0.2, 0) is 4.74 Å². The maximum Gasteiger partial charge on any atom is 0.191 e. The highest BCUT2D eigenvalue weighted by atomic mass is 127. The molecule has 1 saturated carbocycles. The van der Waals surface area contributed by atoms with E-state index in [1.807, 2.05) is 0 Å². The van der Waals surface area contributed by atoms with Gasteiger partial charge in [-0.15, -0.1) is 24.0 Å². The van der Waals surface area contributed by atoms with Gasteiger partial charge in [-0.3, -0.25) is 4.99 Å². The highest BCUT2D eigenvalue weighted by Crippen LogP contribution is 2.41. The molecule has 0 bridgehead atoms. The quantitative estimate of drug-likeness (QED) is 0.173. The molecule has 0 aromatic heterocycles. The van der Waals surface area contributed by atoms with Crippen LogP contribution in [0.4, 0.5) is 0 Å². The zero-order valence-electron chi connectivity index (χ0n) is 18.0. The summed E-state index contributed by atoms with van der Waals surface area (Å²) in [6.45, 7) is 11.7. The van der Waals surface area contributed by atoms with Crippen LogP contribution in [0.15, 0.2) is 4.99 Å². The fraction of sp³-hybridized carbons (Fsp3) is 0.952. The van der Waals surface area contributed by atoms with Crippen molar-refractivity contribution in [2.75, 3.05) is 52.5 Å². The zero-order chi connectivity index (χ0) is 19.4. The number of halogens is 1. The molecule has 0 amide bonds. The fourth-order valence-electron chi connectivity index (χ4n) is 4.29. The van der Waals surface area contributed by atoms with Gasteiger partial charge in [-0.1, -0.05) is 12.8 Å². The lowest BCUT2D eigenvalue weighted by molar-refractivity contribution is 0.0822. The Hall–Kier alpha value is -0.120. The van der Waals surface area contributed by atoms with Crippen LogP contribution in [0.25, 0.3) is 0 Å². The third-order valence-corrected chi connectivity index (χ3v) is 6.06. The van der Waals surface area contributed by atoms with E-state index in [4.69, 9.17) is 9.73 Å². The predicted octanol–water partition coefficient (Wildman–Crippen LogP) is 2.99. The molecule has 0 unspecified atom stereocenters. The fourth-order valence-corrected chi connectivity index (χ4v) is 4.29. The molecule has 1 aliphatic heterocycles. The normalized spacial score (nSPS) is 20.8. The number of hydrogen-bond acceptors (Lipinski definition) is 4. The lowest BCUT2D eigenvalue weighted by Crippen LogP contribution is -2.41. The number of likely N-dealkylation sites (tertiary alicyclic amines) is 1. The Morgan fingerprint density at radius 3 is 2.54 bits per heavy atom. The first kappa shape index (κ1) is 25.9. The Morgan fingerprint density at radius 1 is 1.18 bits per heavy atom. The summed E-state index contributed by atoms with van der Waals surface area (Å²) in [7, 11) is 0. The Morgan fingerprint density at radius 2 is 1.89 bits per heavy atom. The summed E-state index contributed by atoms with van der Waals surface area (Å²) in [5, 5.41) is 16.5. The van der Waals surface area contributed by atoms with E-state index in [-0.39, 0.29) is 30.1 Å². The van der Waals surface area contributed by atoms with Crippen molar-refractivity contribution < 1.29 is 9.84 Å². The van der Waals surface area contributed by atoms with Gasteiger partial charge in [0.1, 0.15) is 0 Å². The molecule has 2 rings (SSSR count). The Bertz CT molecular complexity index is 423. The van der Waals surface area contributed by atoms with Crippen LogP contribution in [0.3, 0.4) is 0 Å². The predicted molar refractivity (Wildman–Crippen MR) is 128 cm³/mol. The first-order valence-electron chi connectivity index (χ1n) is 11.2. The summed E-state index contributed by atoms with van der Waals surface area (Å²) in [6, 6.07) is 0. The third kappa shape index (κ3) is 9.59. The van der Waals surface area contributed by atoms with Crippen molar-refractivity contribution in [3.8, 4) is 0 Å². The molecule has 0 aromatic carbocycles. The summed E-state index contributed by atoms with van der Waals surface area (Å²) >= 11 is 0. The topological polar surface area (TPSA) is 69.1 Å². The second-order valence-electron chi connectivity index (χ2n) is 8.20. The average molecular weight is 511 g/mol. The SMILES string of the molecule is CCNC(=NCC1(CCOCC)CCCC1)NCCCN1CCC(O)CC1.I. The standard InChI is InChI=1S/C21H42N4O2.HI/c1-3-22-20(23-13-7-14-25-15-8-19(26)9-16-25)24-18-21(10-5-6-11-21)12-17-27-4-2;/h19,26H,3-18H2,1-2H3,(H2,22,23,24);1H. The van der Waals surface area contributed by atoms with E-state index in [0.717, 1.165) is 84.1 Å². The molecule has 1 aliphatic carbocycles. The third-order valence-electron chi connectivity index (χ3n) is 6.06. The molecular weight excluding hydrogens is 467 g/mol. The number of nitrogens with one attached hydrogen (secondary N) is 2. The monoisotopic (exact) mass is 510 g/mol. The number of guanidine groups is 1. The molecule has 0 atom stereocenters. The van der Waals surface area contributed by atoms with Gasteiger partial charge in [-0.05, 0) is 64.3 Å². The van der Waals surface area contributed by atoms with Gasteiger partial charge in [0.15, 0.2) is 5.96 Å². The van der Waals surface area contributed by atoms with Crippen molar-refractivity contribution in [2.24, 2.45) is 10.4 Å². The van der Waals surface area contributed by atoms with Crippen LogP contribution < -0.4 is 10.6 Å². The number of aliphatic hydroxyl groups is 1. The van der Waals surface area contributed by atoms with Gasteiger partial charge in [0.2, 0.25) is 0 Å². The van der Waals surface area contributed by atoms with Gasteiger partial charge >= 0.3 is 0 Å². The molecule has 0 radical (unpaired) electrons. The molecule has 0 aromatic rings. The molecule has 1 heterocycles. The summed E-state index contributed by atoms with van der Waals surface area (Å²) in [5.74, 6) is 0.953. The van der Waals surface area contributed by atoms with Gasteiger partial charge in [0.05, 0.1) is 6.10 Å². The molecular formula is C21H43IN4O2. The van der Waals surface area contributed by atoms with Crippen molar-refractivity contribution in [1.29, 1.82) is 0 Å². The minimum absolute atomic E-state index is 0. The van der Waals surface area contributed by atoms with Crippen molar-refractivity contribution in [2.45, 2.75) is 71.3 Å². The van der Waals surface area contributed by atoms with Crippen molar-refractivity contribution >= 4 is 29.9 Å². The lowest BCUT2D eigenvalue weighted by atomic mass is 9.83. The summed E-state index contributed by atoms with van der Waals surface area (Å²) in [5.41, 5.74) is 0.339. The second-order valence-corrected chi connectivity index (χ2v) is 8.20. The van der Waals surface area contributed by atoms with Crippen molar-refractivity contribution in [1.82, 2.24) is 15.5 Å². The molecule has 6 nitrogen and oxygen atoms in total. The molecule has 28 heavy (non-hydrogen) atoms. The number of aliphatic imine (C=N–C) groups is 1. The lowest BCUT2D eigenvalue weighted by Gasteiger charge is -2.29. The molecule has 1 saturated heterocycles. The molecule has 166 valence electrons. The molecule has 2 aliphatic rings. The number of ether oxygens (including phenoxy) is 1. The summed E-state index contributed by atoms with van der Waals surface area (Å²) in [4.78, 5) is 7.39. The maximum absolute atomic E-state index is 9.60. The Kier molecular flexibility index (Phi) is 13.7. The Balaban J connectivity index is 0.00000392. The van der Waals surface area contributed by atoms with Crippen LogP contribution in [0.1, 0.15) is 65.2 Å². The minimum atomic E-state index is -0.0856. The van der Waals surface area contributed by atoms with Crippen LogP contribution in [0.5, 0.6) is 0 Å². The second kappa shape index (κ2) is 14.8. The van der Waals surface area contributed by atoms with E-state index in [2.05, 4.69) is 29.4 Å². The molecule has 2 fully saturated rings. The van der Waals surface area contributed by atoms with Crippen LogP contribution in [0.2, 0.25) is 0 Å². The summed E-state index contributed by atoms with van der Waals surface area (Å²) < 4.78 is 5.62. The van der Waals surface area contributed by atoms with Gasteiger partial charge in [-0.25, -0.2) is 0 Å². The van der Waals surface area contributed by atoms with Crippen LogP contribution >= 0.6 is 24.0 Å². The minimum Gasteiger partial charge on any atom is -0.393 e. The number of nitrogens with zero attached hydrogens (tertiary/aromatic N) is 2. The largest absolute Gasteiger partial charge is 0.393 e. The van der Waals surface area contributed by atoms with Gasteiger partial charge < -0.3 is 25.4 Å². The van der Waals surface area contributed by atoms with Crippen molar-refractivity contribution in [3.63, 3.8) is 0 Å². The van der Waals surface area contributed by atoms with E-state index in [0.29, 0.717) is 5.41 Å². The van der Waals surface area contributed by atoms with Gasteiger partial charge in [0, 0.05) is 45.9 Å². The zero-order valence-corrected chi connectivity index (χ0v) is 20.4. The maximum atomic E-state index is 9.60. The van der Waals surface area contributed by atoms with E-state index >= 15 is 0 Å². The number of aliphatic hydroxyl groups excluding tert-OH is 1. The number of hydrogen-bond donors (Lipinski definition) is 3. The van der Waals surface area contributed by atoms with E-state index < -0.39 is 0 Å². The molecule has 7 heteroatoms.